The summed E-state index contributed by atoms with van der Waals surface area (Å²) in [6.07, 6.45) is -2.97. The number of hydrogen-bond donors (Lipinski definition) is 2. The van der Waals surface area contributed by atoms with Crippen LogP contribution in [-0.2, 0) is 14.3 Å². The minimum Gasteiger partial charge on any atom is -0.454 e. The van der Waals surface area contributed by atoms with Gasteiger partial charge in [-0.2, -0.15) is 5.01 Å². The summed E-state index contributed by atoms with van der Waals surface area (Å²) in [4.78, 5) is 41.9. The third-order valence-corrected chi connectivity index (χ3v) is 5.96. The second kappa shape index (κ2) is 12.0. The van der Waals surface area contributed by atoms with Crippen molar-refractivity contribution in [1.82, 2.24) is 15.3 Å². The number of nitrogens with one attached hydrogen (secondary N) is 1. The largest absolute Gasteiger partial charge is 0.454 e. The van der Waals surface area contributed by atoms with Gasteiger partial charge in [0.05, 0.1) is 12.1 Å². The smallest absolute Gasteiger partial charge is 0.430 e. The molecule has 218 valence electrons. The molecule has 2 aromatic carbocycles. The van der Waals surface area contributed by atoms with Crippen molar-refractivity contribution in [1.29, 1.82) is 0 Å². The van der Waals surface area contributed by atoms with E-state index in [4.69, 9.17) is 18.9 Å². The highest BCUT2D eigenvalue weighted by molar-refractivity contribution is 5.88. The number of hydrazine groups is 1. The molecule has 11 heteroatoms. The molecule has 0 fully saturated rings. The van der Waals surface area contributed by atoms with E-state index >= 15 is 0 Å². The van der Waals surface area contributed by atoms with Crippen LogP contribution < -0.4 is 14.9 Å². The van der Waals surface area contributed by atoms with Crippen LogP contribution in [0.25, 0.3) is 0 Å². The monoisotopic (exact) mass is 557 g/mol. The van der Waals surface area contributed by atoms with E-state index in [9.17, 15) is 19.5 Å². The first-order valence-corrected chi connectivity index (χ1v) is 13.0. The molecule has 3 amide bonds. The fraction of sp³-hybridized carbons (Fsp3) is 0.483. The maximum atomic E-state index is 14.2. The number of aliphatic hydroxyl groups excluding tert-OH is 1. The Balaban J connectivity index is 2.06. The third kappa shape index (κ3) is 7.78. The topological polar surface area (TPSA) is 127 Å². The number of rotatable bonds is 6. The Bertz CT molecular complexity index is 1210. The maximum Gasteiger partial charge on any atom is 0.430 e. The van der Waals surface area contributed by atoms with Crippen LogP contribution in [0.2, 0.25) is 0 Å². The van der Waals surface area contributed by atoms with E-state index in [1.807, 2.05) is 6.07 Å². The molecule has 0 radical (unpaired) electrons. The number of ether oxygens (including phenoxy) is 4. The summed E-state index contributed by atoms with van der Waals surface area (Å²) in [7, 11) is 1.51. The number of fused-ring (bicyclic) bond motifs is 1. The Hall–Kier alpha value is -3.99. The van der Waals surface area contributed by atoms with Crippen molar-refractivity contribution in [3.8, 4) is 11.5 Å². The van der Waals surface area contributed by atoms with E-state index < -0.39 is 47.5 Å². The van der Waals surface area contributed by atoms with Crippen LogP contribution in [0.4, 0.5) is 9.59 Å². The van der Waals surface area contributed by atoms with Crippen molar-refractivity contribution in [3.05, 3.63) is 59.7 Å². The number of likely N-dealkylation sites (N-methyl/N-ethyl adjacent to an activating group) is 1. The Kier molecular flexibility index (Phi) is 9.19. The average Bonchev–Trinajstić information content (AvgIpc) is 3.33. The SMILES string of the molecule is C[C@@H]([C@@H](O)c1ccccc1)N(C)C(=O)[C@H](c1ccc2c(c1)OCO2)N(NC(=O)OC(C)(C)C)C(=O)OC(C)(C)C. The van der Waals surface area contributed by atoms with Crippen LogP contribution in [0.5, 0.6) is 11.5 Å². The second-order valence-electron chi connectivity index (χ2n) is 11.5. The van der Waals surface area contributed by atoms with E-state index in [0.29, 0.717) is 22.6 Å². The van der Waals surface area contributed by atoms with Crippen molar-refractivity contribution >= 4 is 18.1 Å². The summed E-state index contributed by atoms with van der Waals surface area (Å²) >= 11 is 0. The molecule has 11 nitrogen and oxygen atoms in total. The van der Waals surface area contributed by atoms with Gasteiger partial charge in [0.2, 0.25) is 6.79 Å². The van der Waals surface area contributed by atoms with Crippen LogP contribution in [-0.4, -0.2) is 64.2 Å². The Morgan fingerprint density at radius 1 is 0.900 bits per heavy atom. The summed E-state index contributed by atoms with van der Waals surface area (Å²) in [6, 6.07) is 11.5. The second-order valence-corrected chi connectivity index (χ2v) is 11.5. The van der Waals surface area contributed by atoms with Gasteiger partial charge in [0, 0.05) is 7.05 Å². The van der Waals surface area contributed by atoms with Gasteiger partial charge in [-0.1, -0.05) is 36.4 Å². The highest BCUT2D eigenvalue weighted by Gasteiger charge is 2.40. The highest BCUT2D eigenvalue weighted by atomic mass is 16.7. The number of carbonyl (C=O) groups excluding carboxylic acids is 3. The molecule has 0 aliphatic carbocycles. The molecule has 3 atom stereocenters. The predicted octanol–water partition coefficient (Wildman–Crippen LogP) is 4.71. The molecule has 0 bridgehead atoms. The van der Waals surface area contributed by atoms with Crippen LogP contribution in [0.15, 0.2) is 48.5 Å². The summed E-state index contributed by atoms with van der Waals surface area (Å²) in [5.41, 5.74) is 1.51. The fourth-order valence-corrected chi connectivity index (χ4v) is 3.95. The molecule has 0 saturated carbocycles. The molecule has 1 aliphatic rings. The normalized spacial score (nSPS) is 14.9. The Morgan fingerprint density at radius 3 is 2.10 bits per heavy atom. The Labute approximate surface area is 234 Å². The first kappa shape index (κ1) is 30.6. The number of amides is 3. The van der Waals surface area contributed by atoms with Crippen LogP contribution in [0.1, 0.15) is 71.7 Å². The van der Waals surface area contributed by atoms with Gasteiger partial charge in [0.1, 0.15) is 11.2 Å². The summed E-state index contributed by atoms with van der Waals surface area (Å²) in [5, 5.41) is 11.8. The number of hydrogen-bond acceptors (Lipinski definition) is 8. The maximum absolute atomic E-state index is 14.2. The van der Waals surface area contributed by atoms with E-state index in [-0.39, 0.29) is 6.79 Å². The molecular weight excluding hydrogens is 518 g/mol. The molecule has 0 spiro atoms. The molecule has 40 heavy (non-hydrogen) atoms. The van der Waals surface area contributed by atoms with Gasteiger partial charge in [-0.25, -0.2) is 15.0 Å². The molecule has 2 aromatic rings. The predicted molar refractivity (Wildman–Crippen MR) is 146 cm³/mol. The standard InChI is InChI=1S/C29H39N3O8/c1-18(24(33)19-12-10-9-11-13-19)31(8)25(34)23(20-14-15-21-22(16-20)38-17-37-21)32(27(36)40-29(5,6)7)30-26(35)39-28(2,3)4/h9-16,18,23-24,33H,17H2,1-8H3,(H,30,35)/t18-,23-,24+/m0/s1. The van der Waals surface area contributed by atoms with Crippen molar-refractivity contribution < 1.29 is 38.4 Å². The first-order valence-electron chi connectivity index (χ1n) is 13.0. The highest BCUT2D eigenvalue weighted by Crippen LogP contribution is 2.37. The van der Waals surface area contributed by atoms with E-state index in [2.05, 4.69) is 5.43 Å². The number of benzene rings is 2. The van der Waals surface area contributed by atoms with Gasteiger partial charge in [-0.05, 0) is 71.7 Å². The lowest BCUT2D eigenvalue weighted by molar-refractivity contribution is -0.141. The first-order chi connectivity index (χ1) is 18.6. The van der Waals surface area contributed by atoms with Crippen molar-refractivity contribution in [3.63, 3.8) is 0 Å². The Morgan fingerprint density at radius 2 is 1.50 bits per heavy atom. The lowest BCUT2D eigenvalue weighted by Crippen LogP contribution is -2.56. The number of carbonyl (C=O) groups is 3. The van der Waals surface area contributed by atoms with Crippen LogP contribution in [0.3, 0.4) is 0 Å². The molecule has 0 aromatic heterocycles. The van der Waals surface area contributed by atoms with Crippen molar-refractivity contribution in [2.24, 2.45) is 0 Å². The molecular formula is C29H39N3O8. The summed E-state index contributed by atoms with van der Waals surface area (Å²) in [6.45, 7) is 11.7. The van der Waals surface area contributed by atoms with Crippen molar-refractivity contribution in [2.45, 2.75) is 77.9 Å². The summed E-state index contributed by atoms with van der Waals surface area (Å²) in [5.74, 6) is 0.236. The van der Waals surface area contributed by atoms with Gasteiger partial charge in [0.15, 0.2) is 17.5 Å². The fourth-order valence-electron chi connectivity index (χ4n) is 3.95. The molecule has 0 saturated heterocycles. The van der Waals surface area contributed by atoms with E-state index in [1.54, 1.807) is 90.9 Å². The van der Waals surface area contributed by atoms with E-state index in [0.717, 1.165) is 5.01 Å². The lowest BCUT2D eigenvalue weighted by atomic mass is 10.00. The molecule has 1 heterocycles. The zero-order chi connectivity index (χ0) is 29.8. The molecule has 1 aliphatic heterocycles. The minimum atomic E-state index is -1.42. The lowest BCUT2D eigenvalue weighted by Gasteiger charge is -2.37. The van der Waals surface area contributed by atoms with Crippen LogP contribution >= 0.6 is 0 Å². The number of nitrogens with zero attached hydrogens (tertiary/aromatic N) is 2. The van der Waals surface area contributed by atoms with Gasteiger partial charge in [-0.3, -0.25) is 4.79 Å². The molecule has 2 N–H and O–H groups in total. The zero-order valence-corrected chi connectivity index (χ0v) is 24.3. The van der Waals surface area contributed by atoms with Crippen LogP contribution in [0, 0.1) is 0 Å². The zero-order valence-electron chi connectivity index (χ0n) is 24.3. The van der Waals surface area contributed by atoms with Gasteiger partial charge >= 0.3 is 12.2 Å². The molecule has 0 unspecified atom stereocenters. The number of aliphatic hydroxyl groups is 1. The molecule has 3 rings (SSSR count). The van der Waals surface area contributed by atoms with Crippen molar-refractivity contribution in [2.75, 3.05) is 13.8 Å². The average molecular weight is 558 g/mol. The van der Waals surface area contributed by atoms with E-state index in [1.165, 1.54) is 11.9 Å². The van der Waals surface area contributed by atoms with Gasteiger partial charge < -0.3 is 29.0 Å². The van der Waals surface area contributed by atoms with Gasteiger partial charge in [-0.15, -0.1) is 0 Å². The minimum absolute atomic E-state index is 0.00352. The summed E-state index contributed by atoms with van der Waals surface area (Å²) < 4.78 is 21.9. The third-order valence-electron chi connectivity index (χ3n) is 5.96. The van der Waals surface area contributed by atoms with Gasteiger partial charge in [0.25, 0.3) is 5.91 Å². The quantitative estimate of drug-likeness (QED) is 0.489.